The summed E-state index contributed by atoms with van der Waals surface area (Å²) >= 11 is 6.46. The molecule has 54 heavy (non-hydrogen) atoms. The van der Waals surface area contributed by atoms with Gasteiger partial charge >= 0.3 is 6.01 Å². The summed E-state index contributed by atoms with van der Waals surface area (Å²) in [5.41, 5.74) is 4.05. The maximum absolute atomic E-state index is 15.0. The molecular weight excluding hydrogens is 734 g/mol. The lowest BCUT2D eigenvalue weighted by Crippen LogP contribution is -2.51. The van der Waals surface area contributed by atoms with Crippen molar-refractivity contribution in [2.75, 3.05) is 58.8 Å². The highest BCUT2D eigenvalue weighted by Gasteiger charge is 2.47. The number of ether oxygens (including phenoxy) is 5. The van der Waals surface area contributed by atoms with Crippen LogP contribution in [0.5, 0.6) is 23.5 Å². The van der Waals surface area contributed by atoms with Crippen LogP contribution in [-0.2, 0) is 26.5 Å². The number of anilines is 1. The molecule has 2 aliphatic heterocycles. The van der Waals surface area contributed by atoms with Crippen molar-refractivity contribution in [3.8, 4) is 23.5 Å². The molecule has 3 heterocycles. The van der Waals surface area contributed by atoms with E-state index in [1.54, 1.807) is 25.3 Å². The average Bonchev–Trinajstić information content (AvgIpc) is 3.30. The van der Waals surface area contributed by atoms with E-state index in [0.717, 1.165) is 54.9 Å². The number of aromatic nitrogens is 2. The molecule has 3 aromatic rings. The van der Waals surface area contributed by atoms with Gasteiger partial charge in [0.1, 0.15) is 15.7 Å². The van der Waals surface area contributed by atoms with E-state index in [0.29, 0.717) is 31.2 Å². The number of allylic oxidation sites excluding steroid dienone is 1. The van der Waals surface area contributed by atoms with Gasteiger partial charge in [-0.05, 0) is 103 Å². The minimum Gasteiger partial charge on any atom is -0.490 e. The molecule has 3 aliphatic carbocycles. The Hall–Kier alpha value is -4.40. The van der Waals surface area contributed by atoms with Crippen LogP contribution >= 0.6 is 11.6 Å². The largest absolute Gasteiger partial charge is 0.490 e. The molecule has 2 bridgehead atoms. The van der Waals surface area contributed by atoms with Crippen molar-refractivity contribution < 1.29 is 37.5 Å². The van der Waals surface area contributed by atoms with Gasteiger partial charge in [0.15, 0.2) is 5.56 Å². The van der Waals surface area contributed by atoms with Gasteiger partial charge in [0.05, 0.1) is 45.5 Å². The number of hydrogen-bond donors (Lipinski definition) is 1. The second-order valence-corrected chi connectivity index (χ2v) is 17.3. The number of methoxy groups -OCH3 is 4. The monoisotopic (exact) mass is 777 g/mol. The minimum absolute atomic E-state index is 0.0873. The molecule has 1 spiro atoms. The third-order valence-corrected chi connectivity index (χ3v) is 13.9. The fourth-order valence-electron chi connectivity index (χ4n) is 8.98. The molecule has 8 rings (SSSR count). The Balaban J connectivity index is 1.22. The topological polar surface area (TPSA) is 151 Å². The Morgan fingerprint density at radius 2 is 1.85 bits per heavy atom. The van der Waals surface area contributed by atoms with Crippen LogP contribution in [0.4, 0.5) is 5.69 Å². The van der Waals surface area contributed by atoms with Crippen molar-refractivity contribution in [3.63, 3.8) is 0 Å². The fraction of sp³-hybridized carbons (Fsp3) is 0.487. The fourth-order valence-corrected chi connectivity index (χ4v) is 11.0. The van der Waals surface area contributed by atoms with Crippen LogP contribution in [0.1, 0.15) is 63.9 Å². The van der Waals surface area contributed by atoms with Gasteiger partial charge in [0.25, 0.3) is 11.8 Å². The van der Waals surface area contributed by atoms with Crippen LogP contribution in [0.2, 0.25) is 5.02 Å². The number of nitrogens with one attached hydrogen (secondary N) is 1. The van der Waals surface area contributed by atoms with Crippen molar-refractivity contribution in [1.82, 2.24) is 14.7 Å². The lowest BCUT2D eigenvalue weighted by molar-refractivity contribution is -0.00148. The van der Waals surface area contributed by atoms with Gasteiger partial charge in [0, 0.05) is 36.2 Å². The van der Waals surface area contributed by atoms with Crippen LogP contribution < -0.4 is 28.6 Å². The molecule has 0 saturated heterocycles. The van der Waals surface area contributed by atoms with Crippen LogP contribution in [0.15, 0.2) is 52.4 Å². The van der Waals surface area contributed by atoms with Crippen LogP contribution in [0, 0.1) is 17.8 Å². The van der Waals surface area contributed by atoms with E-state index >= 15 is 0 Å². The number of halogens is 1. The number of carbonyl (C=O) groups is 2. The predicted molar refractivity (Wildman–Crippen MR) is 202 cm³/mol. The van der Waals surface area contributed by atoms with Gasteiger partial charge in [-0.15, -0.1) is 4.36 Å². The zero-order valence-corrected chi connectivity index (χ0v) is 32.3. The van der Waals surface area contributed by atoms with Gasteiger partial charge in [-0.1, -0.05) is 23.7 Å². The molecule has 1 fully saturated rings. The highest BCUT2D eigenvalue weighted by molar-refractivity contribution is 7.92. The zero-order chi connectivity index (χ0) is 37.8. The number of nitrogens with zero attached hydrogens (tertiary/aromatic N) is 4. The number of carbonyl (C=O) groups excluding carboxylic acids is 2. The van der Waals surface area contributed by atoms with Crippen molar-refractivity contribution in [2.45, 2.75) is 50.0 Å². The van der Waals surface area contributed by atoms with Crippen LogP contribution in [0.25, 0.3) is 0 Å². The first-order valence-electron chi connectivity index (χ1n) is 18.3. The van der Waals surface area contributed by atoms with Crippen molar-refractivity contribution >= 4 is 39.0 Å². The summed E-state index contributed by atoms with van der Waals surface area (Å²) in [4.78, 5) is 38.8. The summed E-state index contributed by atoms with van der Waals surface area (Å²) < 4.78 is 50.6. The Morgan fingerprint density at radius 3 is 2.52 bits per heavy atom. The first kappa shape index (κ1) is 36.6. The normalized spacial score (nSPS) is 28.5. The molecule has 5 aliphatic rings. The molecule has 1 saturated carbocycles. The summed E-state index contributed by atoms with van der Waals surface area (Å²) in [7, 11) is 1.97. The lowest BCUT2D eigenvalue weighted by atomic mass is 9.65. The number of fused-ring (bicyclic) bond motifs is 5. The number of amides is 2. The van der Waals surface area contributed by atoms with Gasteiger partial charge in [-0.2, -0.15) is 9.97 Å². The van der Waals surface area contributed by atoms with E-state index in [2.05, 4.69) is 42.2 Å². The molecule has 15 heteroatoms. The van der Waals surface area contributed by atoms with E-state index in [9.17, 15) is 13.8 Å². The third kappa shape index (κ3) is 6.45. The molecule has 1 aromatic heterocycles. The second kappa shape index (κ2) is 14.3. The SMILES string of the molecule is COc1nc(OC)c(C(=O)NS2(=O)=NC(=O)c3ccc4c(c3)N(C[C@@H]3CC[C@H]3[C@@H](OC)C3=CC[C@@H]3C2)C[C@@]2(CCCc3cc(Cl)ccc32)CO4)c(OC)n1. The molecule has 0 radical (unpaired) electrons. The number of benzene rings is 2. The molecule has 1 N–H and O–H groups in total. The van der Waals surface area contributed by atoms with Crippen molar-refractivity contribution in [3.05, 3.63) is 75.3 Å². The zero-order valence-electron chi connectivity index (χ0n) is 30.8. The van der Waals surface area contributed by atoms with E-state index in [1.807, 2.05) is 6.07 Å². The highest BCUT2D eigenvalue weighted by Crippen LogP contribution is 2.49. The van der Waals surface area contributed by atoms with E-state index < -0.39 is 21.7 Å². The van der Waals surface area contributed by atoms with Crippen molar-refractivity contribution in [2.24, 2.45) is 22.1 Å². The van der Waals surface area contributed by atoms with Gasteiger partial charge in [-0.3, -0.25) is 14.3 Å². The van der Waals surface area contributed by atoms with Crippen molar-refractivity contribution in [1.29, 1.82) is 0 Å². The molecule has 1 unspecified atom stereocenters. The summed E-state index contributed by atoms with van der Waals surface area (Å²) in [6.07, 6.45) is 7.46. The Bertz CT molecular complexity index is 2150. The minimum atomic E-state index is -3.76. The smallest absolute Gasteiger partial charge is 0.322 e. The lowest BCUT2D eigenvalue weighted by Gasteiger charge is -2.48. The van der Waals surface area contributed by atoms with E-state index in [4.69, 9.17) is 35.3 Å². The molecular formula is C39H44ClN5O8S. The summed E-state index contributed by atoms with van der Waals surface area (Å²) in [5.74, 6) is -1.04. The molecule has 6 atom stereocenters. The maximum atomic E-state index is 15.0. The molecule has 286 valence electrons. The summed E-state index contributed by atoms with van der Waals surface area (Å²) in [6.45, 7) is 1.93. The maximum Gasteiger partial charge on any atom is 0.322 e. The Kier molecular flexibility index (Phi) is 9.72. The Labute approximate surface area is 320 Å². The number of rotatable bonds is 6. The van der Waals surface area contributed by atoms with Gasteiger partial charge in [-0.25, -0.2) is 4.21 Å². The highest BCUT2D eigenvalue weighted by atomic mass is 35.5. The molecule has 2 amide bonds. The quantitative estimate of drug-likeness (QED) is 0.313. The van der Waals surface area contributed by atoms with Crippen LogP contribution in [0.3, 0.4) is 0 Å². The van der Waals surface area contributed by atoms with E-state index in [-0.39, 0.29) is 58.0 Å². The Morgan fingerprint density at radius 1 is 1.06 bits per heavy atom. The summed E-state index contributed by atoms with van der Waals surface area (Å²) in [5, 5.41) is 0.726. The van der Waals surface area contributed by atoms with Gasteiger partial charge in [0.2, 0.25) is 11.8 Å². The number of aryl methyl sites for hydroxylation is 1. The second-order valence-electron chi connectivity index (χ2n) is 14.8. The van der Waals surface area contributed by atoms with Gasteiger partial charge < -0.3 is 28.6 Å². The third-order valence-electron chi connectivity index (χ3n) is 11.8. The molecule has 2 aromatic carbocycles. The van der Waals surface area contributed by atoms with Crippen LogP contribution in [-0.4, -0.2) is 86.0 Å². The first-order valence-corrected chi connectivity index (χ1v) is 20.3. The van der Waals surface area contributed by atoms with E-state index in [1.165, 1.54) is 32.5 Å². The summed E-state index contributed by atoms with van der Waals surface area (Å²) in [6, 6.07) is 11.3. The first-order chi connectivity index (χ1) is 26.1. The predicted octanol–water partition coefficient (Wildman–Crippen LogP) is 5.58. The molecule has 13 nitrogen and oxygen atoms in total. The average molecular weight is 778 g/mol. The number of hydrogen-bond acceptors (Lipinski definition) is 11. The standard InChI is InChI=1S/C39H44ClN5O8S/c1-49-33-27-11-7-24(27)18-45-20-39(15-5-6-22-16-26(40)10-13-29(22)39)21-53-31-14-9-23(17-30(31)45)34(46)43-54(48,19-25-8-12-28(25)33)44-35(47)32-36(50-2)41-38(52-4)42-37(32)51-3/h9-10,12-14,16-17,24-25,27,33H,5-8,11,15,18-21H2,1-4H3,(H,43,44,46,47,48)/t24-,25+,27+,33+,39-,54?/m0/s1.